The summed E-state index contributed by atoms with van der Waals surface area (Å²) in [6, 6.07) is 8.67. The molecule has 2 rings (SSSR count). The van der Waals surface area contributed by atoms with Crippen LogP contribution in [-0.2, 0) is 0 Å². The smallest absolute Gasteiger partial charge is 0.0802 e. The van der Waals surface area contributed by atoms with Crippen LogP contribution in [0.15, 0.2) is 28.7 Å². The van der Waals surface area contributed by atoms with Crippen LogP contribution in [0, 0.1) is 0 Å². The topological polar surface area (TPSA) is 26.7 Å². The first kappa shape index (κ1) is 16.9. The maximum absolute atomic E-state index is 10.3. The molecule has 1 aliphatic rings. The molecule has 1 N–H and O–H groups in total. The lowest BCUT2D eigenvalue weighted by atomic mass is 10.1. The van der Waals surface area contributed by atoms with E-state index >= 15 is 0 Å². The van der Waals surface area contributed by atoms with E-state index in [9.17, 15) is 5.11 Å². The number of nitrogens with zero attached hydrogens (tertiary/aromatic N) is 2. The third kappa shape index (κ3) is 5.06. The lowest BCUT2D eigenvalue weighted by Crippen LogP contribution is -2.49. The molecule has 0 spiro atoms. The van der Waals surface area contributed by atoms with Gasteiger partial charge in [0.1, 0.15) is 0 Å². The summed E-state index contributed by atoms with van der Waals surface area (Å²) >= 11 is 3.42. The van der Waals surface area contributed by atoms with E-state index in [0.717, 1.165) is 49.2 Å². The first-order valence-corrected chi connectivity index (χ1v) is 8.79. The Bertz CT molecular complexity index is 415. The molecule has 2 atom stereocenters. The van der Waals surface area contributed by atoms with Crippen molar-refractivity contribution in [2.75, 3.05) is 32.7 Å². The molecule has 0 aliphatic carbocycles. The van der Waals surface area contributed by atoms with Crippen molar-refractivity contribution in [1.29, 1.82) is 0 Å². The Morgan fingerprint density at radius 3 is 2.33 bits per heavy atom. The van der Waals surface area contributed by atoms with Crippen molar-refractivity contribution in [2.45, 2.75) is 38.8 Å². The molecule has 1 heterocycles. The molecule has 3 nitrogen and oxygen atoms in total. The largest absolute Gasteiger partial charge is 0.388 e. The molecule has 0 amide bonds. The highest BCUT2D eigenvalue weighted by atomic mass is 79.9. The van der Waals surface area contributed by atoms with Crippen molar-refractivity contribution in [3.8, 4) is 0 Å². The summed E-state index contributed by atoms with van der Waals surface area (Å²) in [5.41, 5.74) is 1.01. The Balaban J connectivity index is 1.73. The number of hydrogen-bond donors (Lipinski definition) is 1. The maximum atomic E-state index is 10.3. The molecule has 4 heteroatoms. The highest BCUT2D eigenvalue weighted by Crippen LogP contribution is 2.20. The SMILES string of the molecule is CCC(C)N1CCN(CCC(O)c2ccc(Br)cc2)CC1. The van der Waals surface area contributed by atoms with Crippen molar-refractivity contribution in [2.24, 2.45) is 0 Å². The van der Waals surface area contributed by atoms with Gasteiger partial charge in [0.2, 0.25) is 0 Å². The zero-order valence-electron chi connectivity index (χ0n) is 13.1. The van der Waals surface area contributed by atoms with E-state index in [1.165, 1.54) is 6.42 Å². The minimum atomic E-state index is -0.356. The standard InChI is InChI=1S/C17H27BrN2O/c1-3-14(2)20-12-10-19(11-13-20)9-8-17(21)15-4-6-16(18)7-5-15/h4-7,14,17,21H,3,8-13H2,1-2H3. The van der Waals surface area contributed by atoms with Gasteiger partial charge in [-0.2, -0.15) is 0 Å². The molecule has 0 radical (unpaired) electrons. The fourth-order valence-electron chi connectivity index (χ4n) is 2.84. The van der Waals surface area contributed by atoms with Gasteiger partial charge < -0.3 is 10.0 Å². The molecule has 1 aromatic carbocycles. The average Bonchev–Trinajstić information content (AvgIpc) is 2.53. The fraction of sp³-hybridized carbons (Fsp3) is 0.647. The van der Waals surface area contributed by atoms with Crippen LogP contribution in [0.25, 0.3) is 0 Å². The van der Waals surface area contributed by atoms with Crippen LogP contribution in [-0.4, -0.2) is 53.7 Å². The zero-order chi connectivity index (χ0) is 15.2. The molecule has 21 heavy (non-hydrogen) atoms. The normalized spacial score (nSPS) is 20.4. The van der Waals surface area contributed by atoms with Crippen molar-refractivity contribution >= 4 is 15.9 Å². The first-order valence-electron chi connectivity index (χ1n) is 8.00. The van der Waals surface area contributed by atoms with Gasteiger partial charge in [-0.3, -0.25) is 4.90 Å². The van der Waals surface area contributed by atoms with Crippen LogP contribution in [0.3, 0.4) is 0 Å². The lowest BCUT2D eigenvalue weighted by Gasteiger charge is -2.38. The maximum Gasteiger partial charge on any atom is 0.0802 e. The Hall–Kier alpha value is -0.420. The number of hydrogen-bond acceptors (Lipinski definition) is 3. The summed E-state index contributed by atoms with van der Waals surface area (Å²) in [6.45, 7) is 10.1. The van der Waals surface area contributed by atoms with Gasteiger partial charge in [-0.1, -0.05) is 35.0 Å². The molecular weight excluding hydrogens is 328 g/mol. The Kier molecular flexibility index (Phi) is 6.68. The highest BCUT2D eigenvalue weighted by Gasteiger charge is 2.20. The average molecular weight is 355 g/mol. The third-order valence-corrected chi connectivity index (χ3v) is 5.12. The number of benzene rings is 1. The molecule has 1 fully saturated rings. The van der Waals surface area contributed by atoms with Crippen LogP contribution in [0.2, 0.25) is 0 Å². The van der Waals surface area contributed by atoms with E-state index in [1.54, 1.807) is 0 Å². The third-order valence-electron chi connectivity index (χ3n) is 4.59. The van der Waals surface area contributed by atoms with Gasteiger partial charge in [0.15, 0.2) is 0 Å². The highest BCUT2D eigenvalue weighted by molar-refractivity contribution is 9.10. The molecule has 0 bridgehead atoms. The molecular formula is C17H27BrN2O. The van der Waals surface area contributed by atoms with E-state index < -0.39 is 0 Å². The predicted octanol–water partition coefficient (Wildman–Crippen LogP) is 3.29. The summed E-state index contributed by atoms with van der Waals surface area (Å²) in [5, 5.41) is 10.3. The van der Waals surface area contributed by atoms with Gasteiger partial charge in [0.25, 0.3) is 0 Å². The van der Waals surface area contributed by atoms with E-state index in [-0.39, 0.29) is 6.10 Å². The van der Waals surface area contributed by atoms with Crippen molar-refractivity contribution in [3.63, 3.8) is 0 Å². The van der Waals surface area contributed by atoms with Crippen molar-refractivity contribution in [1.82, 2.24) is 9.80 Å². The van der Waals surface area contributed by atoms with Crippen LogP contribution in [0.5, 0.6) is 0 Å². The van der Waals surface area contributed by atoms with Gasteiger partial charge in [0.05, 0.1) is 6.10 Å². The molecule has 1 saturated heterocycles. The predicted molar refractivity (Wildman–Crippen MR) is 91.5 cm³/mol. The zero-order valence-corrected chi connectivity index (χ0v) is 14.7. The van der Waals surface area contributed by atoms with Crippen molar-refractivity contribution in [3.05, 3.63) is 34.3 Å². The van der Waals surface area contributed by atoms with E-state index in [0.29, 0.717) is 6.04 Å². The lowest BCUT2D eigenvalue weighted by molar-refractivity contribution is 0.0830. The second-order valence-corrected chi connectivity index (χ2v) is 6.91. The molecule has 118 valence electrons. The van der Waals surface area contributed by atoms with Crippen LogP contribution in [0.4, 0.5) is 0 Å². The number of aliphatic hydroxyl groups is 1. The fourth-order valence-corrected chi connectivity index (χ4v) is 3.11. The number of rotatable bonds is 6. The second kappa shape index (κ2) is 8.28. The molecule has 2 unspecified atom stereocenters. The van der Waals surface area contributed by atoms with Gasteiger partial charge >= 0.3 is 0 Å². The van der Waals surface area contributed by atoms with Gasteiger partial charge in [0, 0.05) is 43.2 Å². The van der Waals surface area contributed by atoms with Crippen LogP contribution >= 0.6 is 15.9 Å². The summed E-state index contributed by atoms with van der Waals surface area (Å²) in [7, 11) is 0. The number of aliphatic hydroxyl groups excluding tert-OH is 1. The molecule has 0 saturated carbocycles. The Morgan fingerprint density at radius 2 is 1.76 bits per heavy atom. The summed E-state index contributed by atoms with van der Waals surface area (Å²) in [5.74, 6) is 0. The van der Waals surface area contributed by atoms with Crippen LogP contribution in [0.1, 0.15) is 38.4 Å². The monoisotopic (exact) mass is 354 g/mol. The number of piperazine rings is 1. The summed E-state index contributed by atoms with van der Waals surface area (Å²) in [4.78, 5) is 5.04. The van der Waals surface area contributed by atoms with E-state index in [4.69, 9.17) is 0 Å². The molecule has 1 aromatic rings. The van der Waals surface area contributed by atoms with E-state index in [2.05, 4.69) is 39.6 Å². The Morgan fingerprint density at radius 1 is 1.14 bits per heavy atom. The minimum absolute atomic E-state index is 0.356. The minimum Gasteiger partial charge on any atom is -0.388 e. The Labute approximate surface area is 137 Å². The summed E-state index contributed by atoms with van der Waals surface area (Å²) < 4.78 is 1.06. The molecule has 0 aromatic heterocycles. The van der Waals surface area contributed by atoms with Gasteiger partial charge in [-0.05, 0) is 37.5 Å². The number of halogens is 1. The second-order valence-electron chi connectivity index (χ2n) is 5.99. The first-order chi connectivity index (χ1) is 10.1. The van der Waals surface area contributed by atoms with Crippen molar-refractivity contribution < 1.29 is 5.11 Å². The van der Waals surface area contributed by atoms with E-state index in [1.807, 2.05) is 24.3 Å². The molecule has 1 aliphatic heterocycles. The van der Waals surface area contributed by atoms with Gasteiger partial charge in [-0.25, -0.2) is 0 Å². The summed E-state index contributed by atoms with van der Waals surface area (Å²) in [6.07, 6.45) is 1.68. The quantitative estimate of drug-likeness (QED) is 0.848. The van der Waals surface area contributed by atoms with Crippen LogP contribution < -0.4 is 0 Å². The van der Waals surface area contributed by atoms with Gasteiger partial charge in [-0.15, -0.1) is 0 Å².